The first kappa shape index (κ1) is 41.1. The molecule has 0 saturated carbocycles. The van der Waals surface area contributed by atoms with Crippen molar-refractivity contribution >= 4 is 53.4 Å². The summed E-state index contributed by atoms with van der Waals surface area (Å²) in [5.41, 5.74) is 2.92. The Morgan fingerprint density at radius 1 is 0.808 bits per heavy atom. The molecule has 4 N–H and O–H groups in total. The summed E-state index contributed by atoms with van der Waals surface area (Å²) >= 11 is 0. The lowest BCUT2D eigenvalue weighted by molar-refractivity contribution is -0.437. The highest BCUT2D eigenvalue weighted by Crippen LogP contribution is 2.53. The summed E-state index contributed by atoms with van der Waals surface area (Å²) in [6.45, 7) is 6.43. The number of allylic oxidation sites excluding steroid dienone is 6. The Hall–Kier alpha value is -3.67. The van der Waals surface area contributed by atoms with Crippen molar-refractivity contribution in [1.29, 1.82) is 0 Å². The molecule has 0 bridgehead atoms. The summed E-state index contributed by atoms with van der Waals surface area (Å²) in [7, 11) is -13.1. The van der Waals surface area contributed by atoms with Crippen molar-refractivity contribution in [3.05, 3.63) is 89.7 Å². The molecular formula is C36H47N2O11S3+. The van der Waals surface area contributed by atoms with Crippen LogP contribution in [0.25, 0.3) is 0 Å². The van der Waals surface area contributed by atoms with Crippen molar-refractivity contribution in [3.63, 3.8) is 0 Å². The second-order valence-electron chi connectivity index (χ2n) is 13.8. The highest BCUT2D eigenvalue weighted by atomic mass is 32.2. The zero-order chi connectivity index (χ0) is 38.5. The van der Waals surface area contributed by atoms with Gasteiger partial charge in [0.1, 0.15) is 11.4 Å². The summed E-state index contributed by atoms with van der Waals surface area (Å²) in [6.07, 6.45) is 11.2. The van der Waals surface area contributed by atoms with Gasteiger partial charge in [-0.25, -0.2) is 0 Å². The van der Waals surface area contributed by atoms with Crippen LogP contribution in [0.2, 0.25) is 0 Å². The maximum Gasteiger partial charge on any atom is 0.303 e. The van der Waals surface area contributed by atoms with E-state index in [9.17, 15) is 43.7 Å². The third-order valence-electron chi connectivity index (χ3n) is 9.65. The van der Waals surface area contributed by atoms with Gasteiger partial charge in [-0.3, -0.25) is 18.5 Å². The molecule has 1 unspecified atom stereocenters. The van der Waals surface area contributed by atoms with E-state index in [1.54, 1.807) is 29.2 Å². The number of unbranched alkanes of at least 4 members (excludes halogenated alkanes) is 2. The van der Waals surface area contributed by atoms with Crippen LogP contribution in [0.5, 0.6) is 0 Å². The van der Waals surface area contributed by atoms with Gasteiger partial charge in [-0.15, -0.1) is 0 Å². The number of carboxylic acids is 1. The van der Waals surface area contributed by atoms with Gasteiger partial charge in [-0.1, -0.05) is 55.3 Å². The Kier molecular flexibility index (Phi) is 12.8. The molecule has 2 heterocycles. The van der Waals surface area contributed by atoms with Crippen molar-refractivity contribution in [2.75, 3.05) is 29.5 Å². The molecule has 0 amide bonds. The van der Waals surface area contributed by atoms with E-state index in [1.165, 1.54) is 12.1 Å². The second kappa shape index (κ2) is 16.1. The first-order valence-corrected chi connectivity index (χ1v) is 21.6. The number of carbonyl (C=O) groups is 1. The van der Waals surface area contributed by atoms with E-state index >= 15 is 0 Å². The van der Waals surface area contributed by atoms with E-state index in [-0.39, 0.29) is 36.5 Å². The minimum Gasteiger partial charge on any atom is -0.481 e. The third kappa shape index (κ3) is 9.85. The fourth-order valence-electron chi connectivity index (χ4n) is 7.32. The molecule has 1 atom stereocenters. The predicted molar refractivity (Wildman–Crippen MR) is 199 cm³/mol. The number of hydrogen-bond donors (Lipinski definition) is 4. The van der Waals surface area contributed by atoms with E-state index < -0.39 is 52.9 Å². The zero-order valence-corrected chi connectivity index (χ0v) is 31.9. The van der Waals surface area contributed by atoms with Crippen LogP contribution in [0.1, 0.15) is 76.8 Å². The number of rotatable bonds is 18. The molecule has 0 fully saturated rings. The monoisotopic (exact) mass is 779 g/mol. The van der Waals surface area contributed by atoms with Crippen LogP contribution < -0.4 is 4.90 Å². The van der Waals surface area contributed by atoms with Crippen LogP contribution in [-0.2, 0) is 46.0 Å². The number of nitrogens with zero attached hydrogens (tertiary/aromatic N) is 2. The highest BCUT2D eigenvalue weighted by molar-refractivity contribution is 7.86. The van der Waals surface area contributed by atoms with Crippen molar-refractivity contribution in [2.45, 2.75) is 81.4 Å². The largest absolute Gasteiger partial charge is 0.481 e. The highest BCUT2D eigenvalue weighted by Gasteiger charge is 2.46. The van der Waals surface area contributed by atoms with Crippen LogP contribution in [0, 0.1) is 0 Å². The Bertz CT molecular complexity index is 2140. The van der Waals surface area contributed by atoms with E-state index in [2.05, 4.69) is 13.8 Å². The minimum atomic E-state index is -4.68. The molecule has 2 aliphatic rings. The van der Waals surface area contributed by atoms with Crippen LogP contribution in [-0.4, -0.2) is 84.9 Å². The Morgan fingerprint density at radius 3 is 2.13 bits per heavy atom. The standard InChI is InChI=1S/C36H46N2O11S3/c1-35(2)27-15-9-10-16-28(27)37(23-13-25-50(41,42)43)31(35)19-6-4-7-20-32-36(3,22-11-5-8-21-33(39)40)34-29(17-12-18-30(34)52(47,48)49)38(32)24-14-26-51(44,45)46/h4,6-7,9-10,12,15-20H,5,8,11,13-14,21-26H2,1-3H3,(H3-,39,40,41,42,43,44,45,46,47,48,49)/p+1. The molecule has 0 radical (unpaired) electrons. The fraction of sp³-hybridized carbons (Fsp3) is 0.444. The normalized spacial score (nSPS) is 19.7. The van der Waals surface area contributed by atoms with E-state index in [0.717, 1.165) is 17.0 Å². The smallest absolute Gasteiger partial charge is 0.303 e. The van der Waals surface area contributed by atoms with E-state index in [0.29, 0.717) is 49.2 Å². The average Bonchev–Trinajstić information content (AvgIpc) is 3.39. The quantitative estimate of drug-likeness (QED) is 0.0625. The lowest BCUT2D eigenvalue weighted by Crippen LogP contribution is -2.30. The fourth-order valence-corrected chi connectivity index (χ4v) is 9.14. The van der Waals surface area contributed by atoms with Gasteiger partial charge in [0.25, 0.3) is 30.4 Å². The molecule has 0 aliphatic carbocycles. The molecule has 52 heavy (non-hydrogen) atoms. The number of para-hydroxylation sites is 1. The Balaban J connectivity index is 1.75. The Morgan fingerprint density at radius 2 is 1.48 bits per heavy atom. The van der Waals surface area contributed by atoms with Crippen LogP contribution in [0.3, 0.4) is 0 Å². The number of fused-ring (bicyclic) bond motifs is 2. The van der Waals surface area contributed by atoms with Gasteiger partial charge in [0.2, 0.25) is 5.69 Å². The molecule has 13 nitrogen and oxygen atoms in total. The van der Waals surface area contributed by atoms with Crippen molar-refractivity contribution in [1.82, 2.24) is 0 Å². The summed E-state index contributed by atoms with van der Waals surface area (Å²) < 4.78 is 102. The van der Waals surface area contributed by atoms with Crippen molar-refractivity contribution < 1.29 is 53.4 Å². The maximum atomic E-state index is 12.7. The Labute approximate surface area is 306 Å². The zero-order valence-electron chi connectivity index (χ0n) is 29.5. The first-order valence-electron chi connectivity index (χ1n) is 17.0. The van der Waals surface area contributed by atoms with Gasteiger partial charge in [-0.2, -0.15) is 29.8 Å². The summed E-state index contributed by atoms with van der Waals surface area (Å²) in [4.78, 5) is 12.6. The maximum absolute atomic E-state index is 12.7. The summed E-state index contributed by atoms with van der Waals surface area (Å²) in [5, 5.41) is 9.09. The molecule has 0 spiro atoms. The average molecular weight is 780 g/mol. The number of carboxylic acid groups (broad SMARTS) is 1. The first-order chi connectivity index (χ1) is 24.2. The lowest BCUT2D eigenvalue weighted by Gasteiger charge is -2.31. The molecule has 16 heteroatoms. The van der Waals surface area contributed by atoms with Gasteiger partial charge < -0.3 is 10.0 Å². The molecule has 2 aromatic carbocycles. The van der Waals surface area contributed by atoms with Gasteiger partial charge >= 0.3 is 5.97 Å². The molecule has 284 valence electrons. The van der Waals surface area contributed by atoms with Crippen molar-refractivity contribution in [2.24, 2.45) is 0 Å². The van der Waals surface area contributed by atoms with Gasteiger partial charge in [-0.05, 0) is 58.2 Å². The molecule has 0 aromatic heterocycles. The number of anilines is 1. The molecular weight excluding hydrogens is 733 g/mol. The lowest BCUT2D eigenvalue weighted by atomic mass is 9.77. The molecule has 0 saturated heterocycles. The number of aliphatic carboxylic acids is 1. The summed E-state index contributed by atoms with van der Waals surface area (Å²) in [6, 6.07) is 12.3. The van der Waals surface area contributed by atoms with Gasteiger partial charge in [0.15, 0.2) is 5.71 Å². The van der Waals surface area contributed by atoms with Crippen LogP contribution >= 0.6 is 0 Å². The summed E-state index contributed by atoms with van der Waals surface area (Å²) in [5.74, 6) is -1.82. The predicted octanol–water partition coefficient (Wildman–Crippen LogP) is 5.67. The van der Waals surface area contributed by atoms with Gasteiger partial charge in [0.05, 0.1) is 16.9 Å². The van der Waals surface area contributed by atoms with E-state index in [1.807, 2.05) is 47.9 Å². The topological polar surface area (TPSA) is 207 Å². The van der Waals surface area contributed by atoms with Crippen LogP contribution in [0.4, 0.5) is 11.4 Å². The van der Waals surface area contributed by atoms with Gasteiger partial charge in [0, 0.05) is 59.5 Å². The molecule has 2 aromatic rings. The second-order valence-corrected chi connectivity index (χ2v) is 18.4. The van der Waals surface area contributed by atoms with E-state index in [4.69, 9.17) is 5.11 Å². The third-order valence-corrected chi connectivity index (χ3v) is 12.2. The van der Waals surface area contributed by atoms with Crippen LogP contribution in [0.15, 0.2) is 83.4 Å². The number of hydrogen-bond acceptors (Lipinski definition) is 8. The number of benzene rings is 2. The molecule has 4 rings (SSSR count). The SMILES string of the molecule is CC1(C)C(/C=C/C=C/C=C2/N(CCCS(=O)(=O)O)c3cccc(S(=O)(=O)O)c3C2(C)CCCCCC(=O)O)=[N+](CCCS(=O)(=O)O)c2ccccc21. The van der Waals surface area contributed by atoms with Crippen molar-refractivity contribution in [3.8, 4) is 0 Å². The molecule has 2 aliphatic heterocycles. The minimum absolute atomic E-state index is 0.0119.